The van der Waals surface area contributed by atoms with Gasteiger partial charge in [0.15, 0.2) is 0 Å². The van der Waals surface area contributed by atoms with Crippen molar-refractivity contribution in [1.29, 1.82) is 0 Å². The van der Waals surface area contributed by atoms with Crippen molar-refractivity contribution in [3.05, 3.63) is 0 Å². The average molecular weight is 307 g/mol. The van der Waals surface area contributed by atoms with Gasteiger partial charge >= 0.3 is 5.97 Å². The maximum absolute atomic E-state index is 11.5. The summed E-state index contributed by atoms with van der Waals surface area (Å²) in [6.45, 7) is 4.99. The topological polar surface area (TPSA) is 26.3 Å². The number of rotatable bonds is 11. The first-order valence-electron chi connectivity index (χ1n) is 6.96. The molecule has 0 saturated heterocycles. The summed E-state index contributed by atoms with van der Waals surface area (Å²) in [6.07, 6.45) is 8.53. The predicted octanol–water partition coefficient (Wildman–Crippen LogP) is 4.70. The molecule has 17 heavy (non-hydrogen) atoms. The van der Waals surface area contributed by atoms with Crippen molar-refractivity contribution in [3.63, 3.8) is 0 Å². The largest absolute Gasteiger partial charge is 0.465 e. The van der Waals surface area contributed by atoms with Crippen LogP contribution in [0.4, 0.5) is 0 Å². The summed E-state index contributed by atoms with van der Waals surface area (Å²) in [6, 6.07) is 0. The van der Waals surface area contributed by atoms with E-state index in [2.05, 4.69) is 29.8 Å². The van der Waals surface area contributed by atoms with E-state index in [0.717, 1.165) is 31.0 Å². The maximum atomic E-state index is 11.5. The van der Waals surface area contributed by atoms with Gasteiger partial charge in [-0.25, -0.2) is 0 Å². The molecular weight excluding hydrogens is 280 g/mol. The smallest absolute Gasteiger partial charge is 0.305 e. The van der Waals surface area contributed by atoms with Gasteiger partial charge in [0.25, 0.3) is 0 Å². The summed E-state index contributed by atoms with van der Waals surface area (Å²) in [4.78, 5) is 11.5. The fourth-order valence-electron chi connectivity index (χ4n) is 1.72. The van der Waals surface area contributed by atoms with Crippen LogP contribution in [0.3, 0.4) is 0 Å². The first-order valence-corrected chi connectivity index (χ1v) is 8.08. The van der Waals surface area contributed by atoms with Gasteiger partial charge in [0.2, 0.25) is 0 Å². The Balaban J connectivity index is 3.52. The van der Waals surface area contributed by atoms with Crippen LogP contribution in [0.25, 0.3) is 0 Å². The number of alkyl halides is 1. The second kappa shape index (κ2) is 12.4. The molecule has 0 aliphatic carbocycles. The standard InChI is InChI=1S/C14H27BrO2/c1-3-5-9-13(4-2)12-17-14(16)10-7-6-8-11-15/h13H,3-12H2,1-2H3. The van der Waals surface area contributed by atoms with Gasteiger partial charge in [0.1, 0.15) is 0 Å². The lowest BCUT2D eigenvalue weighted by Gasteiger charge is -2.14. The number of ether oxygens (including phenoxy) is 1. The van der Waals surface area contributed by atoms with Gasteiger partial charge < -0.3 is 4.74 Å². The maximum Gasteiger partial charge on any atom is 0.305 e. The van der Waals surface area contributed by atoms with Crippen molar-refractivity contribution in [1.82, 2.24) is 0 Å². The molecule has 2 nitrogen and oxygen atoms in total. The SMILES string of the molecule is CCCCC(CC)COC(=O)CCCCCBr. The van der Waals surface area contributed by atoms with E-state index in [-0.39, 0.29) is 5.97 Å². The van der Waals surface area contributed by atoms with Crippen LogP contribution < -0.4 is 0 Å². The van der Waals surface area contributed by atoms with E-state index in [9.17, 15) is 4.79 Å². The first-order chi connectivity index (χ1) is 8.24. The molecule has 0 radical (unpaired) electrons. The van der Waals surface area contributed by atoms with Gasteiger partial charge in [-0.1, -0.05) is 55.5 Å². The van der Waals surface area contributed by atoms with Crippen molar-refractivity contribution in [3.8, 4) is 0 Å². The molecule has 3 heteroatoms. The number of hydrogen-bond donors (Lipinski definition) is 0. The molecular formula is C14H27BrO2. The zero-order valence-corrected chi connectivity index (χ0v) is 12.9. The van der Waals surface area contributed by atoms with Gasteiger partial charge in [-0.15, -0.1) is 0 Å². The minimum Gasteiger partial charge on any atom is -0.465 e. The highest BCUT2D eigenvalue weighted by Gasteiger charge is 2.09. The molecule has 0 aromatic heterocycles. The van der Waals surface area contributed by atoms with Crippen molar-refractivity contribution in [2.45, 2.75) is 65.2 Å². The molecule has 1 unspecified atom stereocenters. The van der Waals surface area contributed by atoms with E-state index in [1.54, 1.807) is 0 Å². The lowest BCUT2D eigenvalue weighted by molar-refractivity contribution is -0.145. The Bertz CT molecular complexity index is 183. The Morgan fingerprint density at radius 1 is 1.18 bits per heavy atom. The molecule has 0 N–H and O–H groups in total. The number of esters is 1. The van der Waals surface area contributed by atoms with Crippen LogP contribution in [0.1, 0.15) is 65.2 Å². The van der Waals surface area contributed by atoms with E-state index in [1.165, 1.54) is 19.3 Å². The molecule has 0 aromatic carbocycles. The Kier molecular flexibility index (Phi) is 12.4. The van der Waals surface area contributed by atoms with E-state index in [0.29, 0.717) is 18.9 Å². The van der Waals surface area contributed by atoms with E-state index < -0.39 is 0 Å². The Morgan fingerprint density at radius 3 is 2.53 bits per heavy atom. The van der Waals surface area contributed by atoms with Crippen LogP contribution in [0.5, 0.6) is 0 Å². The predicted molar refractivity (Wildman–Crippen MR) is 76.5 cm³/mol. The second-order valence-electron chi connectivity index (χ2n) is 4.60. The molecule has 0 aliphatic rings. The van der Waals surface area contributed by atoms with Gasteiger partial charge in [-0.3, -0.25) is 4.79 Å². The average Bonchev–Trinajstić information content (AvgIpc) is 2.35. The van der Waals surface area contributed by atoms with Gasteiger partial charge in [0.05, 0.1) is 6.61 Å². The molecule has 1 atom stereocenters. The lowest BCUT2D eigenvalue weighted by Crippen LogP contribution is -2.13. The molecule has 0 saturated carbocycles. The summed E-state index contributed by atoms with van der Waals surface area (Å²) in [5, 5.41) is 1.02. The summed E-state index contributed by atoms with van der Waals surface area (Å²) in [5.74, 6) is 0.538. The Hall–Kier alpha value is -0.0500. The van der Waals surface area contributed by atoms with Crippen molar-refractivity contribution in [2.75, 3.05) is 11.9 Å². The minimum atomic E-state index is -0.0190. The van der Waals surface area contributed by atoms with Gasteiger partial charge in [0, 0.05) is 11.8 Å². The van der Waals surface area contributed by atoms with E-state index in [4.69, 9.17) is 4.74 Å². The number of halogens is 1. The van der Waals surface area contributed by atoms with Crippen LogP contribution in [0.2, 0.25) is 0 Å². The third-order valence-electron chi connectivity index (χ3n) is 3.04. The molecule has 0 bridgehead atoms. The normalized spacial score (nSPS) is 12.4. The quantitative estimate of drug-likeness (QED) is 0.314. The Labute approximate surface area is 115 Å². The van der Waals surface area contributed by atoms with E-state index >= 15 is 0 Å². The fraction of sp³-hybridized carbons (Fsp3) is 0.929. The number of carbonyl (C=O) groups excluding carboxylic acids is 1. The molecule has 0 fully saturated rings. The molecule has 0 heterocycles. The first kappa shape index (κ1) is 16.9. The number of unbranched alkanes of at least 4 members (excludes halogenated alkanes) is 3. The summed E-state index contributed by atoms with van der Waals surface area (Å²) >= 11 is 3.38. The highest BCUT2D eigenvalue weighted by Crippen LogP contribution is 2.13. The number of carbonyl (C=O) groups is 1. The molecule has 0 aromatic rings. The molecule has 102 valence electrons. The highest BCUT2D eigenvalue weighted by atomic mass is 79.9. The van der Waals surface area contributed by atoms with Crippen LogP contribution in [-0.2, 0) is 9.53 Å². The van der Waals surface area contributed by atoms with Crippen LogP contribution in [0, 0.1) is 5.92 Å². The zero-order chi connectivity index (χ0) is 12.9. The monoisotopic (exact) mass is 306 g/mol. The van der Waals surface area contributed by atoms with Gasteiger partial charge in [-0.2, -0.15) is 0 Å². The minimum absolute atomic E-state index is 0.0190. The van der Waals surface area contributed by atoms with Gasteiger partial charge in [-0.05, 0) is 25.2 Å². The van der Waals surface area contributed by atoms with E-state index in [1.807, 2.05) is 0 Å². The molecule has 0 rings (SSSR count). The van der Waals surface area contributed by atoms with Crippen molar-refractivity contribution < 1.29 is 9.53 Å². The van der Waals surface area contributed by atoms with Crippen LogP contribution in [-0.4, -0.2) is 17.9 Å². The Morgan fingerprint density at radius 2 is 1.94 bits per heavy atom. The summed E-state index contributed by atoms with van der Waals surface area (Å²) in [5.41, 5.74) is 0. The zero-order valence-electron chi connectivity index (χ0n) is 11.3. The fourth-order valence-corrected chi connectivity index (χ4v) is 2.12. The number of hydrogen-bond acceptors (Lipinski definition) is 2. The summed E-state index contributed by atoms with van der Waals surface area (Å²) in [7, 11) is 0. The highest BCUT2D eigenvalue weighted by molar-refractivity contribution is 9.09. The third-order valence-corrected chi connectivity index (χ3v) is 3.60. The molecule has 0 amide bonds. The van der Waals surface area contributed by atoms with Crippen molar-refractivity contribution in [2.24, 2.45) is 5.92 Å². The lowest BCUT2D eigenvalue weighted by atomic mass is 10.0. The van der Waals surface area contributed by atoms with Crippen LogP contribution in [0.15, 0.2) is 0 Å². The second-order valence-corrected chi connectivity index (χ2v) is 5.39. The van der Waals surface area contributed by atoms with Crippen LogP contribution >= 0.6 is 15.9 Å². The molecule has 0 spiro atoms. The summed E-state index contributed by atoms with van der Waals surface area (Å²) < 4.78 is 5.32. The molecule has 0 aliphatic heterocycles. The third kappa shape index (κ3) is 10.8. The van der Waals surface area contributed by atoms with Crippen molar-refractivity contribution >= 4 is 21.9 Å².